The Hall–Kier alpha value is -1.67. The third kappa shape index (κ3) is 2.77. The van der Waals surface area contributed by atoms with Crippen molar-refractivity contribution in [3.63, 3.8) is 0 Å². The van der Waals surface area contributed by atoms with E-state index in [0.717, 1.165) is 4.88 Å². The smallest absolute Gasteiger partial charge is 0.328 e. The molecule has 1 aromatic heterocycles. The maximum atomic E-state index is 12.0. The van der Waals surface area contributed by atoms with Gasteiger partial charge < -0.3 is 14.7 Å². The molecule has 7 nitrogen and oxygen atoms in total. The van der Waals surface area contributed by atoms with Crippen LogP contribution in [0.2, 0.25) is 0 Å². The van der Waals surface area contributed by atoms with Crippen LogP contribution >= 0.6 is 11.3 Å². The molecule has 0 saturated carbocycles. The Balaban J connectivity index is 2.04. The lowest BCUT2D eigenvalue weighted by Crippen LogP contribution is -2.53. The van der Waals surface area contributed by atoms with E-state index < -0.39 is 18.0 Å². The fourth-order valence-corrected chi connectivity index (χ4v) is 2.28. The summed E-state index contributed by atoms with van der Waals surface area (Å²) in [6.45, 7) is 2.49. The third-order valence-electron chi connectivity index (χ3n) is 2.51. The Labute approximate surface area is 107 Å². The number of hydrogen-bond donors (Lipinski definition) is 2. The van der Waals surface area contributed by atoms with Gasteiger partial charge in [-0.1, -0.05) is 0 Å². The molecule has 0 bridgehead atoms. The van der Waals surface area contributed by atoms with Gasteiger partial charge in [-0.15, -0.1) is 11.3 Å². The van der Waals surface area contributed by atoms with Crippen molar-refractivity contribution in [3.8, 4) is 0 Å². The molecule has 2 heterocycles. The summed E-state index contributed by atoms with van der Waals surface area (Å²) in [5, 5.41) is 12.1. The molecule has 2 amide bonds. The molecular weight excluding hydrogens is 258 g/mol. The molecule has 0 radical (unpaired) electrons. The van der Waals surface area contributed by atoms with E-state index in [1.165, 1.54) is 16.2 Å². The van der Waals surface area contributed by atoms with Gasteiger partial charge in [0.25, 0.3) is 0 Å². The monoisotopic (exact) mass is 271 g/mol. The number of aliphatic carboxylic acids is 1. The van der Waals surface area contributed by atoms with Gasteiger partial charge >= 0.3 is 12.0 Å². The molecule has 2 rings (SSSR count). The van der Waals surface area contributed by atoms with E-state index in [-0.39, 0.29) is 13.2 Å². The van der Waals surface area contributed by atoms with Gasteiger partial charge in [-0.05, 0) is 6.92 Å². The summed E-state index contributed by atoms with van der Waals surface area (Å²) in [5.74, 6) is -1.07. The minimum absolute atomic E-state index is 0.0135. The van der Waals surface area contributed by atoms with Crippen LogP contribution in [0.25, 0.3) is 0 Å². The maximum absolute atomic E-state index is 12.0. The molecule has 1 fully saturated rings. The number of carbonyl (C=O) groups excluding carboxylic acids is 1. The van der Waals surface area contributed by atoms with Gasteiger partial charge in [-0.2, -0.15) is 0 Å². The summed E-state index contributed by atoms with van der Waals surface area (Å²) in [4.78, 5) is 29.2. The summed E-state index contributed by atoms with van der Waals surface area (Å²) < 4.78 is 5.06. The lowest BCUT2D eigenvalue weighted by Gasteiger charge is -2.32. The molecule has 1 unspecified atom stereocenters. The molecule has 2 N–H and O–H groups in total. The fraction of sp³-hybridized carbons (Fsp3) is 0.500. The molecule has 8 heteroatoms. The first kappa shape index (κ1) is 12.8. The topological polar surface area (TPSA) is 91.8 Å². The van der Waals surface area contributed by atoms with Crippen LogP contribution in [0.3, 0.4) is 0 Å². The van der Waals surface area contributed by atoms with E-state index in [2.05, 4.69) is 10.3 Å². The van der Waals surface area contributed by atoms with Gasteiger partial charge in [0.05, 0.1) is 13.2 Å². The average molecular weight is 271 g/mol. The van der Waals surface area contributed by atoms with Crippen molar-refractivity contribution in [2.24, 2.45) is 0 Å². The fourth-order valence-electron chi connectivity index (χ4n) is 1.63. The van der Waals surface area contributed by atoms with Crippen molar-refractivity contribution in [1.82, 2.24) is 9.88 Å². The van der Waals surface area contributed by atoms with Crippen LogP contribution in [-0.2, 0) is 9.53 Å². The van der Waals surface area contributed by atoms with Crippen LogP contribution in [-0.4, -0.2) is 52.8 Å². The number of nitrogens with one attached hydrogen (secondary N) is 1. The van der Waals surface area contributed by atoms with Crippen molar-refractivity contribution >= 4 is 28.5 Å². The lowest BCUT2D eigenvalue weighted by molar-refractivity contribution is -0.147. The van der Waals surface area contributed by atoms with Gasteiger partial charge in [0.2, 0.25) is 0 Å². The van der Waals surface area contributed by atoms with Crippen LogP contribution in [0.4, 0.5) is 9.93 Å². The average Bonchev–Trinajstić information content (AvgIpc) is 2.74. The highest BCUT2D eigenvalue weighted by molar-refractivity contribution is 7.15. The molecule has 1 saturated heterocycles. The molecular formula is C10H13N3O4S. The molecule has 0 aromatic carbocycles. The predicted octanol–water partition coefficient (Wildman–Crippen LogP) is 0.769. The van der Waals surface area contributed by atoms with E-state index >= 15 is 0 Å². The minimum Gasteiger partial charge on any atom is -0.480 e. The van der Waals surface area contributed by atoms with E-state index in [1.54, 1.807) is 6.20 Å². The molecule has 1 aliphatic rings. The number of aryl methyl sites for hydroxylation is 1. The highest BCUT2D eigenvalue weighted by Crippen LogP contribution is 2.18. The van der Waals surface area contributed by atoms with Crippen LogP contribution in [0.15, 0.2) is 6.20 Å². The van der Waals surface area contributed by atoms with E-state index in [1.807, 2.05) is 6.92 Å². The third-order valence-corrected chi connectivity index (χ3v) is 3.34. The zero-order chi connectivity index (χ0) is 13.1. The standard InChI is InChI=1S/C10H13N3O4S/c1-6-4-11-9(18-6)12-10(16)13-2-3-17-5-7(13)8(14)15/h4,7H,2-3,5H2,1H3,(H,14,15)(H,11,12,16). The summed E-state index contributed by atoms with van der Waals surface area (Å²) in [5.41, 5.74) is 0. The summed E-state index contributed by atoms with van der Waals surface area (Å²) in [6, 6.07) is -1.40. The second-order valence-corrected chi connectivity index (χ2v) is 5.06. The van der Waals surface area contributed by atoms with Crippen molar-refractivity contribution in [1.29, 1.82) is 0 Å². The number of carboxylic acids is 1. The van der Waals surface area contributed by atoms with Crippen LogP contribution < -0.4 is 5.32 Å². The highest BCUT2D eigenvalue weighted by atomic mass is 32.1. The summed E-state index contributed by atoms with van der Waals surface area (Å²) in [6.07, 6.45) is 1.65. The number of rotatable bonds is 2. The quantitative estimate of drug-likeness (QED) is 0.829. The van der Waals surface area contributed by atoms with Gasteiger partial charge in [0.15, 0.2) is 11.2 Å². The van der Waals surface area contributed by atoms with E-state index in [9.17, 15) is 9.59 Å². The molecule has 0 aliphatic carbocycles. The Kier molecular flexibility index (Phi) is 3.78. The van der Waals surface area contributed by atoms with Gasteiger partial charge in [-0.3, -0.25) is 5.32 Å². The van der Waals surface area contributed by atoms with Crippen molar-refractivity contribution in [2.45, 2.75) is 13.0 Å². The SMILES string of the molecule is Cc1cnc(NC(=O)N2CCOCC2C(=O)O)s1. The van der Waals surface area contributed by atoms with Gasteiger partial charge in [0, 0.05) is 17.6 Å². The van der Waals surface area contributed by atoms with Crippen molar-refractivity contribution in [3.05, 3.63) is 11.1 Å². The number of hydrogen-bond acceptors (Lipinski definition) is 5. The number of thiazole rings is 1. The first-order valence-electron chi connectivity index (χ1n) is 5.38. The number of carboxylic acid groups (broad SMARTS) is 1. The van der Waals surface area contributed by atoms with Gasteiger partial charge in [0.1, 0.15) is 0 Å². The number of nitrogens with zero attached hydrogens (tertiary/aromatic N) is 2. The number of ether oxygens (including phenoxy) is 1. The largest absolute Gasteiger partial charge is 0.480 e. The van der Waals surface area contributed by atoms with Crippen molar-refractivity contribution < 1.29 is 19.4 Å². The summed E-state index contributed by atoms with van der Waals surface area (Å²) in [7, 11) is 0. The summed E-state index contributed by atoms with van der Waals surface area (Å²) >= 11 is 1.34. The normalized spacial score (nSPS) is 19.6. The van der Waals surface area contributed by atoms with E-state index in [4.69, 9.17) is 9.84 Å². The molecule has 18 heavy (non-hydrogen) atoms. The maximum Gasteiger partial charge on any atom is 0.328 e. The number of morpholine rings is 1. The molecule has 98 valence electrons. The Bertz CT molecular complexity index is 462. The number of amides is 2. The minimum atomic E-state index is -1.07. The van der Waals surface area contributed by atoms with Crippen molar-refractivity contribution in [2.75, 3.05) is 25.1 Å². The number of anilines is 1. The first-order valence-corrected chi connectivity index (χ1v) is 6.20. The number of aromatic nitrogens is 1. The van der Waals surface area contributed by atoms with Crippen LogP contribution in [0, 0.1) is 6.92 Å². The van der Waals surface area contributed by atoms with Gasteiger partial charge in [-0.25, -0.2) is 14.6 Å². The zero-order valence-electron chi connectivity index (χ0n) is 9.75. The Morgan fingerprint density at radius 1 is 1.67 bits per heavy atom. The first-order chi connectivity index (χ1) is 8.58. The lowest BCUT2D eigenvalue weighted by atomic mass is 10.2. The molecule has 1 aliphatic heterocycles. The highest BCUT2D eigenvalue weighted by Gasteiger charge is 2.33. The Morgan fingerprint density at radius 2 is 2.44 bits per heavy atom. The molecule has 1 aromatic rings. The second kappa shape index (κ2) is 5.32. The Morgan fingerprint density at radius 3 is 3.06 bits per heavy atom. The number of urea groups is 1. The van der Waals surface area contributed by atoms with E-state index in [0.29, 0.717) is 11.7 Å². The molecule has 1 atom stereocenters. The molecule has 0 spiro atoms. The zero-order valence-corrected chi connectivity index (χ0v) is 10.6. The van der Waals surface area contributed by atoms with Crippen LogP contribution in [0.1, 0.15) is 4.88 Å². The second-order valence-electron chi connectivity index (χ2n) is 3.83. The van der Waals surface area contributed by atoms with Crippen LogP contribution in [0.5, 0.6) is 0 Å². The predicted molar refractivity (Wildman–Crippen MR) is 64.8 cm³/mol. The number of carbonyl (C=O) groups is 2.